The molecule has 2 aromatic rings. The van der Waals surface area contributed by atoms with Crippen molar-refractivity contribution in [2.75, 3.05) is 27.4 Å². The fourth-order valence-corrected chi connectivity index (χ4v) is 2.25. The number of hydrazone groups is 1. The Hall–Kier alpha value is -3.55. The Bertz CT molecular complexity index is 849. The topological polar surface area (TPSA) is 95.5 Å². The lowest BCUT2D eigenvalue weighted by atomic mass is 10.2. The molecule has 154 valence electrons. The zero-order valence-corrected chi connectivity index (χ0v) is 16.6. The van der Waals surface area contributed by atoms with Crippen LogP contribution in [0.5, 0.6) is 17.2 Å². The van der Waals surface area contributed by atoms with Crippen LogP contribution in [0, 0.1) is 0 Å². The summed E-state index contributed by atoms with van der Waals surface area (Å²) in [6, 6.07) is 11.6. The molecule has 8 heteroatoms. The highest BCUT2D eigenvalue weighted by molar-refractivity contribution is 5.89. The van der Waals surface area contributed by atoms with Gasteiger partial charge in [-0.3, -0.25) is 4.79 Å². The number of ether oxygens (including phenoxy) is 4. The minimum Gasteiger partial charge on any atom is -0.497 e. The molecule has 0 aliphatic heterocycles. The number of hydrogen-bond donors (Lipinski definition) is 1. The minimum absolute atomic E-state index is 0.225. The van der Waals surface area contributed by atoms with Gasteiger partial charge in [0.1, 0.15) is 17.2 Å². The third-order valence-electron chi connectivity index (χ3n) is 3.73. The largest absolute Gasteiger partial charge is 0.497 e. The van der Waals surface area contributed by atoms with E-state index in [1.807, 2.05) is 6.92 Å². The molecule has 0 heterocycles. The van der Waals surface area contributed by atoms with Crippen molar-refractivity contribution in [2.24, 2.45) is 5.10 Å². The summed E-state index contributed by atoms with van der Waals surface area (Å²) < 4.78 is 20.8. The monoisotopic (exact) mass is 400 g/mol. The maximum atomic E-state index is 11.9. The van der Waals surface area contributed by atoms with Crippen molar-refractivity contribution in [3.63, 3.8) is 0 Å². The molecule has 0 radical (unpaired) electrons. The first-order valence-electron chi connectivity index (χ1n) is 9.01. The van der Waals surface area contributed by atoms with Crippen LogP contribution >= 0.6 is 0 Å². The van der Waals surface area contributed by atoms with E-state index in [9.17, 15) is 9.59 Å². The third kappa shape index (κ3) is 6.84. The predicted octanol–water partition coefficient (Wildman–Crippen LogP) is 2.80. The van der Waals surface area contributed by atoms with Gasteiger partial charge in [0, 0.05) is 11.6 Å². The molecule has 0 fully saturated rings. The molecular formula is C21H24N2O6. The Kier molecular flexibility index (Phi) is 8.50. The molecule has 0 bridgehead atoms. The number of esters is 1. The highest BCUT2D eigenvalue weighted by atomic mass is 16.5. The number of carbonyl (C=O) groups excluding carboxylic acids is 2. The minimum atomic E-state index is -0.430. The normalized spacial score (nSPS) is 10.4. The summed E-state index contributed by atoms with van der Waals surface area (Å²) in [5, 5.41) is 3.90. The average molecular weight is 400 g/mol. The summed E-state index contributed by atoms with van der Waals surface area (Å²) in [4.78, 5) is 23.6. The molecule has 0 unspecified atom stereocenters. The second kappa shape index (κ2) is 11.3. The quantitative estimate of drug-likeness (QED) is 0.374. The number of nitrogens with zero attached hydrogens (tertiary/aromatic N) is 1. The fourth-order valence-electron chi connectivity index (χ4n) is 2.25. The standard InChI is InChI=1S/C21H24N2O6/c1-4-11-28-21(25)15-5-8-17(9-6-15)29-14-20(24)23-22-13-16-7-10-18(26-2)12-19(16)27-3/h5-10,12-13H,4,11,14H2,1-3H3,(H,23,24)/b22-13+. The molecule has 0 spiro atoms. The van der Waals surface area contributed by atoms with Crippen molar-refractivity contribution in [1.29, 1.82) is 0 Å². The summed E-state index contributed by atoms with van der Waals surface area (Å²) in [5.74, 6) is 0.852. The number of rotatable bonds is 10. The summed E-state index contributed by atoms with van der Waals surface area (Å²) in [7, 11) is 3.10. The maximum Gasteiger partial charge on any atom is 0.338 e. The van der Waals surface area contributed by atoms with E-state index in [2.05, 4.69) is 10.5 Å². The van der Waals surface area contributed by atoms with Gasteiger partial charge in [-0.15, -0.1) is 0 Å². The number of nitrogens with one attached hydrogen (secondary N) is 1. The van der Waals surface area contributed by atoms with Crippen LogP contribution in [0.25, 0.3) is 0 Å². The number of benzene rings is 2. The average Bonchev–Trinajstić information content (AvgIpc) is 2.76. The predicted molar refractivity (Wildman–Crippen MR) is 108 cm³/mol. The number of methoxy groups -OCH3 is 2. The van der Waals surface area contributed by atoms with Gasteiger partial charge >= 0.3 is 5.97 Å². The van der Waals surface area contributed by atoms with E-state index in [1.54, 1.807) is 49.6 Å². The van der Waals surface area contributed by atoms with Gasteiger partial charge in [0.05, 0.1) is 32.6 Å². The van der Waals surface area contributed by atoms with E-state index >= 15 is 0 Å². The summed E-state index contributed by atoms with van der Waals surface area (Å²) in [6.45, 7) is 2.07. The lowest BCUT2D eigenvalue weighted by Crippen LogP contribution is -2.24. The van der Waals surface area contributed by atoms with Crippen LogP contribution in [0.2, 0.25) is 0 Å². The second-order valence-electron chi connectivity index (χ2n) is 5.85. The van der Waals surface area contributed by atoms with E-state index < -0.39 is 5.91 Å². The Balaban J connectivity index is 1.82. The van der Waals surface area contributed by atoms with Crippen LogP contribution in [0.4, 0.5) is 0 Å². The molecule has 1 amide bonds. The smallest absolute Gasteiger partial charge is 0.338 e. The summed E-state index contributed by atoms with van der Waals surface area (Å²) in [5.41, 5.74) is 3.48. The highest BCUT2D eigenvalue weighted by Gasteiger charge is 2.08. The molecule has 2 aromatic carbocycles. The van der Waals surface area contributed by atoms with Gasteiger partial charge in [-0.05, 0) is 42.8 Å². The Morgan fingerprint density at radius 1 is 1.03 bits per heavy atom. The summed E-state index contributed by atoms with van der Waals surface area (Å²) >= 11 is 0. The van der Waals surface area contributed by atoms with Gasteiger partial charge in [0.2, 0.25) is 0 Å². The van der Waals surface area contributed by atoms with E-state index in [4.69, 9.17) is 18.9 Å². The van der Waals surface area contributed by atoms with Crippen LogP contribution < -0.4 is 19.6 Å². The second-order valence-corrected chi connectivity index (χ2v) is 5.85. The highest BCUT2D eigenvalue weighted by Crippen LogP contribution is 2.23. The SMILES string of the molecule is CCCOC(=O)c1ccc(OCC(=O)N/N=C/c2ccc(OC)cc2OC)cc1. The van der Waals surface area contributed by atoms with Crippen molar-refractivity contribution >= 4 is 18.1 Å². The van der Waals surface area contributed by atoms with E-state index in [0.29, 0.717) is 35.0 Å². The molecule has 0 aromatic heterocycles. The van der Waals surface area contributed by atoms with Gasteiger partial charge in [0.15, 0.2) is 6.61 Å². The first-order valence-corrected chi connectivity index (χ1v) is 9.01. The van der Waals surface area contributed by atoms with E-state index in [-0.39, 0.29) is 12.6 Å². The Labute approximate surface area is 169 Å². The van der Waals surface area contributed by atoms with Crippen molar-refractivity contribution < 1.29 is 28.5 Å². The molecule has 0 saturated carbocycles. The van der Waals surface area contributed by atoms with E-state index in [0.717, 1.165) is 6.42 Å². The van der Waals surface area contributed by atoms with Crippen LogP contribution in [-0.4, -0.2) is 45.5 Å². The zero-order chi connectivity index (χ0) is 21.1. The van der Waals surface area contributed by atoms with Crippen LogP contribution in [0.3, 0.4) is 0 Å². The maximum absolute atomic E-state index is 11.9. The van der Waals surface area contributed by atoms with Gasteiger partial charge < -0.3 is 18.9 Å². The lowest BCUT2D eigenvalue weighted by molar-refractivity contribution is -0.123. The van der Waals surface area contributed by atoms with Crippen LogP contribution in [0.15, 0.2) is 47.6 Å². The van der Waals surface area contributed by atoms with Crippen molar-refractivity contribution in [3.05, 3.63) is 53.6 Å². The molecular weight excluding hydrogens is 376 g/mol. The Morgan fingerprint density at radius 3 is 2.41 bits per heavy atom. The lowest BCUT2D eigenvalue weighted by Gasteiger charge is -2.07. The van der Waals surface area contributed by atoms with Crippen LogP contribution in [-0.2, 0) is 9.53 Å². The fraction of sp³-hybridized carbons (Fsp3) is 0.286. The number of amides is 1. The van der Waals surface area contributed by atoms with Crippen molar-refractivity contribution in [3.8, 4) is 17.2 Å². The molecule has 29 heavy (non-hydrogen) atoms. The van der Waals surface area contributed by atoms with Gasteiger partial charge in [-0.2, -0.15) is 5.10 Å². The van der Waals surface area contributed by atoms with E-state index in [1.165, 1.54) is 13.3 Å². The van der Waals surface area contributed by atoms with Gasteiger partial charge in [-0.1, -0.05) is 6.92 Å². The Morgan fingerprint density at radius 2 is 1.76 bits per heavy atom. The molecule has 0 aliphatic rings. The number of hydrogen-bond acceptors (Lipinski definition) is 7. The molecule has 0 aliphatic carbocycles. The van der Waals surface area contributed by atoms with Gasteiger partial charge in [-0.25, -0.2) is 10.2 Å². The molecule has 8 nitrogen and oxygen atoms in total. The van der Waals surface area contributed by atoms with Gasteiger partial charge in [0.25, 0.3) is 5.91 Å². The first-order chi connectivity index (χ1) is 14.1. The molecule has 1 N–H and O–H groups in total. The zero-order valence-electron chi connectivity index (χ0n) is 16.6. The first kappa shape index (κ1) is 21.7. The molecule has 0 saturated heterocycles. The molecule has 2 rings (SSSR count). The summed E-state index contributed by atoms with van der Waals surface area (Å²) in [6.07, 6.45) is 2.22. The van der Waals surface area contributed by atoms with Crippen LogP contribution in [0.1, 0.15) is 29.3 Å². The van der Waals surface area contributed by atoms with Crippen molar-refractivity contribution in [1.82, 2.24) is 5.43 Å². The number of carbonyl (C=O) groups is 2. The van der Waals surface area contributed by atoms with Crippen molar-refractivity contribution in [2.45, 2.75) is 13.3 Å². The third-order valence-corrected chi connectivity index (χ3v) is 3.73. The molecule has 0 atom stereocenters.